The van der Waals surface area contributed by atoms with Crippen LogP contribution in [0, 0.1) is 12.8 Å². The van der Waals surface area contributed by atoms with Crippen LogP contribution in [0.4, 0.5) is 0 Å². The lowest BCUT2D eigenvalue weighted by atomic mass is 10.00. The number of aryl methyl sites for hydroxylation is 2. The van der Waals surface area contributed by atoms with Crippen LogP contribution < -0.4 is 0 Å². The minimum Gasteiger partial charge on any atom is -0.481 e. The molecule has 7 heteroatoms. The molecule has 1 amide bonds. The molecular formula is C10H13N3O4. The molecule has 1 fully saturated rings. The Balaban J connectivity index is 1.74. The largest absolute Gasteiger partial charge is 0.481 e. The van der Waals surface area contributed by atoms with Gasteiger partial charge < -0.3 is 14.5 Å². The summed E-state index contributed by atoms with van der Waals surface area (Å²) >= 11 is 0. The van der Waals surface area contributed by atoms with Crippen LogP contribution in [-0.4, -0.2) is 45.1 Å². The van der Waals surface area contributed by atoms with Gasteiger partial charge in [0.2, 0.25) is 11.8 Å². The zero-order valence-corrected chi connectivity index (χ0v) is 9.42. The maximum absolute atomic E-state index is 11.6. The highest BCUT2D eigenvalue weighted by molar-refractivity contribution is 5.81. The van der Waals surface area contributed by atoms with E-state index in [0.717, 1.165) is 0 Å². The van der Waals surface area contributed by atoms with Gasteiger partial charge in [0.25, 0.3) is 0 Å². The standard InChI is InChI=1S/C10H13N3O4/c1-6-11-8(17-12-6)2-3-9(14)13-4-7(5-13)10(15)16/h7H,2-5H2,1H3,(H,15,16). The van der Waals surface area contributed by atoms with Gasteiger partial charge in [-0.1, -0.05) is 5.16 Å². The van der Waals surface area contributed by atoms with Gasteiger partial charge in [-0.2, -0.15) is 4.98 Å². The monoisotopic (exact) mass is 239 g/mol. The maximum Gasteiger partial charge on any atom is 0.310 e. The van der Waals surface area contributed by atoms with Gasteiger partial charge in [0.1, 0.15) is 0 Å². The molecule has 0 atom stereocenters. The number of carboxylic acids is 1. The van der Waals surface area contributed by atoms with Crippen molar-refractivity contribution in [1.29, 1.82) is 0 Å². The summed E-state index contributed by atoms with van der Waals surface area (Å²) in [5.41, 5.74) is 0. The van der Waals surface area contributed by atoms with Crippen LogP contribution in [0.15, 0.2) is 4.52 Å². The zero-order chi connectivity index (χ0) is 12.4. The van der Waals surface area contributed by atoms with Gasteiger partial charge in [0.05, 0.1) is 5.92 Å². The summed E-state index contributed by atoms with van der Waals surface area (Å²) in [6.45, 7) is 2.32. The summed E-state index contributed by atoms with van der Waals surface area (Å²) in [5.74, 6) is -0.349. The van der Waals surface area contributed by atoms with E-state index in [0.29, 0.717) is 31.2 Å². The summed E-state index contributed by atoms with van der Waals surface area (Å²) in [4.78, 5) is 27.7. The highest BCUT2D eigenvalue weighted by Gasteiger charge is 2.35. The van der Waals surface area contributed by atoms with Crippen LogP contribution in [0.2, 0.25) is 0 Å². The Hall–Kier alpha value is -1.92. The number of carboxylic acid groups (broad SMARTS) is 1. The normalized spacial score (nSPS) is 15.7. The van der Waals surface area contributed by atoms with Crippen LogP contribution in [-0.2, 0) is 16.0 Å². The lowest BCUT2D eigenvalue weighted by Gasteiger charge is -2.36. The van der Waals surface area contributed by atoms with Crippen LogP contribution >= 0.6 is 0 Å². The van der Waals surface area contributed by atoms with Gasteiger partial charge in [-0.3, -0.25) is 9.59 Å². The molecule has 1 aliphatic rings. The van der Waals surface area contributed by atoms with Gasteiger partial charge in [-0.25, -0.2) is 0 Å². The number of carbonyl (C=O) groups excluding carboxylic acids is 1. The first-order chi connectivity index (χ1) is 8.06. The second-order valence-corrected chi connectivity index (χ2v) is 4.07. The highest BCUT2D eigenvalue weighted by Crippen LogP contribution is 2.17. The van der Waals surface area contributed by atoms with E-state index >= 15 is 0 Å². The van der Waals surface area contributed by atoms with Crippen molar-refractivity contribution in [2.75, 3.05) is 13.1 Å². The number of likely N-dealkylation sites (tertiary alicyclic amines) is 1. The molecule has 0 unspecified atom stereocenters. The summed E-state index contributed by atoms with van der Waals surface area (Å²) in [5, 5.41) is 12.3. The van der Waals surface area contributed by atoms with Crippen molar-refractivity contribution >= 4 is 11.9 Å². The third-order valence-corrected chi connectivity index (χ3v) is 2.71. The Morgan fingerprint density at radius 1 is 1.53 bits per heavy atom. The Bertz CT molecular complexity index is 437. The summed E-state index contributed by atoms with van der Waals surface area (Å²) in [6, 6.07) is 0. The molecule has 0 saturated carbocycles. The number of amides is 1. The molecule has 17 heavy (non-hydrogen) atoms. The quantitative estimate of drug-likeness (QED) is 0.785. The number of hydrogen-bond acceptors (Lipinski definition) is 5. The average molecular weight is 239 g/mol. The van der Waals surface area contributed by atoms with E-state index in [2.05, 4.69) is 10.1 Å². The molecular weight excluding hydrogens is 226 g/mol. The molecule has 1 N–H and O–H groups in total. The Labute approximate surface area is 97.4 Å². The SMILES string of the molecule is Cc1noc(CCC(=O)N2CC(C(=O)O)C2)n1. The Morgan fingerprint density at radius 2 is 2.24 bits per heavy atom. The van der Waals surface area contributed by atoms with Gasteiger partial charge >= 0.3 is 5.97 Å². The van der Waals surface area contributed by atoms with E-state index in [1.807, 2.05) is 0 Å². The Kier molecular flexibility index (Phi) is 3.08. The molecule has 92 valence electrons. The van der Waals surface area contributed by atoms with Crippen molar-refractivity contribution in [3.8, 4) is 0 Å². The van der Waals surface area contributed by atoms with Crippen LogP contribution in [0.1, 0.15) is 18.1 Å². The number of aromatic nitrogens is 2. The lowest BCUT2D eigenvalue weighted by Crippen LogP contribution is -2.53. The molecule has 0 radical (unpaired) electrons. The van der Waals surface area contributed by atoms with Gasteiger partial charge in [0, 0.05) is 25.9 Å². The van der Waals surface area contributed by atoms with E-state index in [1.54, 1.807) is 6.92 Å². The van der Waals surface area contributed by atoms with Crippen molar-refractivity contribution in [3.05, 3.63) is 11.7 Å². The van der Waals surface area contributed by atoms with Crippen molar-refractivity contribution in [2.45, 2.75) is 19.8 Å². The minimum absolute atomic E-state index is 0.0710. The molecule has 0 aliphatic carbocycles. The molecule has 0 spiro atoms. The maximum atomic E-state index is 11.6. The van der Waals surface area contributed by atoms with Crippen molar-refractivity contribution < 1.29 is 19.2 Å². The molecule has 7 nitrogen and oxygen atoms in total. The molecule has 0 bridgehead atoms. The number of aliphatic carboxylic acids is 1. The van der Waals surface area contributed by atoms with Gasteiger partial charge in [-0.15, -0.1) is 0 Å². The summed E-state index contributed by atoms with van der Waals surface area (Å²) < 4.78 is 4.88. The topological polar surface area (TPSA) is 96.5 Å². The van der Waals surface area contributed by atoms with Crippen LogP contribution in [0.25, 0.3) is 0 Å². The first kappa shape index (κ1) is 11.6. The molecule has 1 aliphatic heterocycles. The fourth-order valence-electron chi connectivity index (χ4n) is 1.65. The van der Waals surface area contributed by atoms with Gasteiger partial charge in [0.15, 0.2) is 5.82 Å². The second kappa shape index (κ2) is 4.52. The highest BCUT2D eigenvalue weighted by atomic mass is 16.5. The number of rotatable bonds is 4. The molecule has 0 aromatic carbocycles. The van der Waals surface area contributed by atoms with E-state index in [-0.39, 0.29) is 12.3 Å². The summed E-state index contributed by atoms with van der Waals surface area (Å²) in [6.07, 6.45) is 0.669. The number of hydrogen-bond donors (Lipinski definition) is 1. The van der Waals surface area contributed by atoms with E-state index in [9.17, 15) is 9.59 Å². The number of nitrogens with zero attached hydrogens (tertiary/aromatic N) is 3. The minimum atomic E-state index is -0.846. The van der Waals surface area contributed by atoms with E-state index in [4.69, 9.17) is 9.63 Å². The first-order valence-corrected chi connectivity index (χ1v) is 5.36. The Morgan fingerprint density at radius 3 is 2.76 bits per heavy atom. The third-order valence-electron chi connectivity index (χ3n) is 2.71. The van der Waals surface area contributed by atoms with Crippen molar-refractivity contribution in [2.24, 2.45) is 5.92 Å². The zero-order valence-electron chi connectivity index (χ0n) is 9.42. The predicted molar refractivity (Wildman–Crippen MR) is 55.1 cm³/mol. The first-order valence-electron chi connectivity index (χ1n) is 5.36. The average Bonchev–Trinajstić information content (AvgIpc) is 2.58. The smallest absolute Gasteiger partial charge is 0.310 e. The molecule has 1 aromatic rings. The van der Waals surface area contributed by atoms with Gasteiger partial charge in [-0.05, 0) is 6.92 Å². The fourth-order valence-corrected chi connectivity index (χ4v) is 1.65. The van der Waals surface area contributed by atoms with E-state index in [1.165, 1.54) is 4.90 Å². The van der Waals surface area contributed by atoms with Crippen LogP contribution in [0.3, 0.4) is 0 Å². The van der Waals surface area contributed by atoms with Crippen molar-refractivity contribution in [3.63, 3.8) is 0 Å². The molecule has 2 rings (SSSR count). The lowest BCUT2D eigenvalue weighted by molar-refractivity contribution is -0.152. The van der Waals surface area contributed by atoms with Crippen LogP contribution in [0.5, 0.6) is 0 Å². The fraction of sp³-hybridized carbons (Fsp3) is 0.600. The molecule has 1 aromatic heterocycles. The number of carbonyl (C=O) groups is 2. The third kappa shape index (κ3) is 2.61. The predicted octanol–water partition coefficient (Wildman–Crippen LogP) is -0.146. The molecule has 2 heterocycles. The van der Waals surface area contributed by atoms with Crippen molar-refractivity contribution in [1.82, 2.24) is 15.0 Å². The molecule has 1 saturated heterocycles. The summed E-state index contributed by atoms with van der Waals surface area (Å²) in [7, 11) is 0. The second-order valence-electron chi connectivity index (χ2n) is 4.07. The van der Waals surface area contributed by atoms with E-state index < -0.39 is 11.9 Å².